The van der Waals surface area contributed by atoms with Crippen LogP contribution < -0.4 is 9.64 Å². The number of carbonyl (C=O) groups excluding carboxylic acids is 1. The zero-order valence-electron chi connectivity index (χ0n) is 23.9. The summed E-state index contributed by atoms with van der Waals surface area (Å²) in [5, 5.41) is 0. The maximum Gasteiger partial charge on any atom is 0.193 e. The first-order chi connectivity index (χ1) is 21.1. The van der Waals surface area contributed by atoms with Crippen LogP contribution in [0.3, 0.4) is 0 Å². The number of rotatable bonds is 1. The summed E-state index contributed by atoms with van der Waals surface area (Å²) in [7, 11) is 0. The Labute approximate surface area is 250 Å². The van der Waals surface area contributed by atoms with Crippen LogP contribution in [0.4, 0.5) is 17.1 Å². The average molecular weight is 554 g/mol. The Morgan fingerprint density at radius 1 is 0.558 bits per heavy atom. The standard InChI is InChI=1S/C40H27NO2/c1-24-11-9-12-25(2)37(24)26-21-22-33-32(23-26)40(29-15-5-3-13-27(29)39(42)28-14-4-6-16-30(28)40)31-17-10-20-36-38(31)41(33)34-18-7-8-19-35(34)43-36/h3-23H,1-2H3. The molecule has 0 saturated heterocycles. The van der Waals surface area contributed by atoms with Crippen LogP contribution in [-0.4, -0.2) is 5.78 Å². The maximum atomic E-state index is 14.1. The van der Waals surface area contributed by atoms with Crippen molar-refractivity contribution < 1.29 is 9.53 Å². The van der Waals surface area contributed by atoms with E-state index in [1.165, 1.54) is 22.3 Å². The average Bonchev–Trinajstić information content (AvgIpc) is 3.04. The van der Waals surface area contributed by atoms with Gasteiger partial charge in [0.05, 0.1) is 22.5 Å². The number of nitrogens with zero attached hydrogens (tertiary/aromatic N) is 1. The first kappa shape index (κ1) is 24.2. The Hall–Kier alpha value is -5.41. The molecule has 0 unspecified atom stereocenters. The van der Waals surface area contributed by atoms with Crippen molar-refractivity contribution in [3.05, 3.63) is 172 Å². The van der Waals surface area contributed by atoms with Gasteiger partial charge in [0.15, 0.2) is 17.3 Å². The zero-order valence-corrected chi connectivity index (χ0v) is 23.9. The number of hydrogen-bond donors (Lipinski definition) is 0. The number of benzene rings is 6. The van der Waals surface area contributed by atoms with E-state index in [1.807, 2.05) is 36.4 Å². The summed E-state index contributed by atoms with van der Waals surface area (Å²) in [6.07, 6.45) is 0. The monoisotopic (exact) mass is 553 g/mol. The third-order valence-electron chi connectivity index (χ3n) is 9.52. The van der Waals surface area contributed by atoms with Gasteiger partial charge in [0.1, 0.15) is 0 Å². The van der Waals surface area contributed by atoms with Gasteiger partial charge in [-0.05, 0) is 88.7 Å². The number of hydrogen-bond acceptors (Lipinski definition) is 3. The molecular weight excluding hydrogens is 526 g/mol. The molecule has 0 fully saturated rings. The highest BCUT2D eigenvalue weighted by Crippen LogP contribution is 2.65. The second-order valence-electron chi connectivity index (χ2n) is 11.7. The molecule has 6 aromatic carbocycles. The van der Waals surface area contributed by atoms with E-state index in [0.29, 0.717) is 0 Å². The lowest BCUT2D eigenvalue weighted by Gasteiger charge is -2.50. The molecule has 6 aromatic rings. The molecule has 0 atom stereocenters. The fraction of sp³-hybridized carbons (Fsp3) is 0.0750. The van der Waals surface area contributed by atoms with E-state index in [0.717, 1.165) is 61.9 Å². The maximum absolute atomic E-state index is 14.1. The molecule has 1 aliphatic carbocycles. The smallest absolute Gasteiger partial charge is 0.193 e. The summed E-state index contributed by atoms with van der Waals surface area (Å²) in [4.78, 5) is 16.4. The Morgan fingerprint density at radius 2 is 1.16 bits per heavy atom. The molecule has 3 nitrogen and oxygen atoms in total. The van der Waals surface area contributed by atoms with Gasteiger partial charge in [0, 0.05) is 11.1 Å². The van der Waals surface area contributed by atoms with E-state index < -0.39 is 5.41 Å². The second-order valence-corrected chi connectivity index (χ2v) is 11.7. The van der Waals surface area contributed by atoms with Crippen molar-refractivity contribution in [2.24, 2.45) is 0 Å². The number of ketones is 1. The predicted molar refractivity (Wildman–Crippen MR) is 171 cm³/mol. The normalized spacial score (nSPS) is 14.7. The van der Waals surface area contributed by atoms with Gasteiger partial charge in [-0.25, -0.2) is 0 Å². The van der Waals surface area contributed by atoms with Crippen LogP contribution in [-0.2, 0) is 5.41 Å². The number of fused-ring (bicyclic) bond motifs is 10. The number of carbonyl (C=O) groups is 1. The molecule has 0 bridgehead atoms. The highest BCUT2D eigenvalue weighted by Gasteiger charge is 2.53. The van der Waals surface area contributed by atoms with E-state index in [2.05, 4.69) is 110 Å². The van der Waals surface area contributed by atoms with E-state index >= 15 is 0 Å². The quantitative estimate of drug-likeness (QED) is 0.203. The predicted octanol–water partition coefficient (Wildman–Crippen LogP) is 9.79. The number of para-hydroxylation sites is 3. The van der Waals surface area contributed by atoms with Crippen molar-refractivity contribution in [3.63, 3.8) is 0 Å². The van der Waals surface area contributed by atoms with Gasteiger partial charge in [-0.2, -0.15) is 0 Å². The Morgan fingerprint density at radius 3 is 1.91 bits per heavy atom. The summed E-state index contributed by atoms with van der Waals surface area (Å²) < 4.78 is 6.59. The summed E-state index contributed by atoms with van der Waals surface area (Å²) in [6.45, 7) is 4.36. The molecular formula is C40H27NO2. The largest absolute Gasteiger partial charge is 0.453 e. The van der Waals surface area contributed by atoms with Crippen molar-refractivity contribution in [2.45, 2.75) is 19.3 Å². The highest BCUT2D eigenvalue weighted by atomic mass is 16.5. The molecule has 204 valence electrons. The second kappa shape index (κ2) is 8.56. The van der Waals surface area contributed by atoms with E-state index in [4.69, 9.17) is 4.74 Å². The van der Waals surface area contributed by atoms with Gasteiger partial charge in [-0.15, -0.1) is 0 Å². The molecule has 0 radical (unpaired) electrons. The minimum Gasteiger partial charge on any atom is -0.453 e. The van der Waals surface area contributed by atoms with Crippen LogP contribution in [0.2, 0.25) is 0 Å². The summed E-state index contributed by atoms with van der Waals surface area (Å²) in [6, 6.07) is 44.3. The molecule has 43 heavy (non-hydrogen) atoms. The van der Waals surface area contributed by atoms with Crippen LogP contribution in [0.15, 0.2) is 127 Å². The summed E-state index contributed by atoms with van der Waals surface area (Å²) >= 11 is 0. The van der Waals surface area contributed by atoms with Gasteiger partial charge >= 0.3 is 0 Å². The fourth-order valence-corrected chi connectivity index (χ4v) is 7.84. The van der Waals surface area contributed by atoms with Gasteiger partial charge in [0.25, 0.3) is 0 Å². The third kappa shape index (κ3) is 3.01. The molecule has 1 spiro atoms. The van der Waals surface area contributed by atoms with Crippen molar-refractivity contribution >= 4 is 22.8 Å². The fourth-order valence-electron chi connectivity index (χ4n) is 7.84. The van der Waals surface area contributed by atoms with Crippen LogP contribution in [0, 0.1) is 13.8 Å². The molecule has 0 N–H and O–H groups in total. The van der Waals surface area contributed by atoms with Crippen LogP contribution in [0.25, 0.3) is 11.1 Å². The van der Waals surface area contributed by atoms with Gasteiger partial charge in [-0.3, -0.25) is 4.79 Å². The van der Waals surface area contributed by atoms with Crippen molar-refractivity contribution in [3.8, 4) is 22.6 Å². The van der Waals surface area contributed by atoms with Gasteiger partial charge in [-0.1, -0.05) is 97.1 Å². The highest BCUT2D eigenvalue weighted by molar-refractivity contribution is 6.15. The lowest BCUT2D eigenvalue weighted by atomic mass is 9.57. The summed E-state index contributed by atoms with van der Waals surface area (Å²) in [5.41, 5.74) is 13.0. The molecule has 0 amide bonds. The topological polar surface area (TPSA) is 29.5 Å². The first-order valence-corrected chi connectivity index (χ1v) is 14.7. The SMILES string of the molecule is Cc1cccc(C)c1-c1ccc2c(c1)C1(c3ccccc3C(=O)c3ccccc31)c1cccc3c1N2c1ccccc1O3. The number of anilines is 3. The molecule has 2 heterocycles. The minimum atomic E-state index is -0.736. The van der Waals surface area contributed by atoms with Crippen LogP contribution in [0.1, 0.15) is 49.3 Å². The molecule has 0 saturated carbocycles. The van der Waals surface area contributed by atoms with Crippen molar-refractivity contribution in [1.29, 1.82) is 0 Å². The van der Waals surface area contributed by atoms with Crippen molar-refractivity contribution in [1.82, 2.24) is 0 Å². The lowest BCUT2D eigenvalue weighted by Crippen LogP contribution is -2.43. The first-order valence-electron chi connectivity index (χ1n) is 14.7. The molecule has 3 aliphatic rings. The number of aryl methyl sites for hydroxylation is 2. The third-order valence-corrected chi connectivity index (χ3v) is 9.52. The van der Waals surface area contributed by atoms with Crippen molar-refractivity contribution in [2.75, 3.05) is 4.90 Å². The molecule has 0 aromatic heterocycles. The Bertz CT molecular complexity index is 2110. The van der Waals surface area contributed by atoms with Crippen LogP contribution >= 0.6 is 0 Å². The van der Waals surface area contributed by atoms with E-state index in [1.54, 1.807) is 0 Å². The minimum absolute atomic E-state index is 0.0677. The van der Waals surface area contributed by atoms with Gasteiger partial charge in [0.2, 0.25) is 0 Å². The lowest BCUT2D eigenvalue weighted by molar-refractivity contribution is 0.103. The Balaban J connectivity index is 1.49. The molecule has 9 rings (SSSR count). The van der Waals surface area contributed by atoms with Gasteiger partial charge < -0.3 is 9.64 Å². The zero-order chi connectivity index (χ0) is 28.9. The number of ether oxygens (including phenoxy) is 1. The Kier molecular flexibility index (Phi) is 4.82. The van der Waals surface area contributed by atoms with Crippen LogP contribution in [0.5, 0.6) is 11.5 Å². The van der Waals surface area contributed by atoms with E-state index in [9.17, 15) is 4.79 Å². The molecule has 3 heteroatoms. The van der Waals surface area contributed by atoms with E-state index in [-0.39, 0.29) is 5.78 Å². The molecule has 2 aliphatic heterocycles. The summed E-state index contributed by atoms with van der Waals surface area (Å²) in [5.74, 6) is 1.71.